The first kappa shape index (κ1) is 26.1. The highest BCUT2D eigenvalue weighted by molar-refractivity contribution is 6.13. The highest BCUT2D eigenvalue weighted by Gasteiger charge is 2.20. The summed E-state index contributed by atoms with van der Waals surface area (Å²) in [6.45, 7) is 8.98. The molecular formula is C27H35FN2O3. The van der Waals surface area contributed by atoms with Gasteiger partial charge in [-0.3, -0.25) is 9.59 Å². The highest BCUT2D eigenvalue weighted by atomic mass is 19.1. The van der Waals surface area contributed by atoms with E-state index in [4.69, 9.17) is 4.42 Å². The molecule has 1 heterocycles. The molecule has 33 heavy (non-hydrogen) atoms. The number of para-hydroxylation sites is 1. The molecule has 0 saturated heterocycles. The number of anilines is 2. The van der Waals surface area contributed by atoms with E-state index in [0.717, 1.165) is 11.8 Å². The van der Waals surface area contributed by atoms with E-state index in [1.165, 1.54) is 56.4 Å². The number of carbonyl (C=O) groups is 2. The molecule has 2 aromatic carbocycles. The number of halogens is 1. The first-order valence-corrected chi connectivity index (χ1v) is 11.7. The Kier molecular flexibility index (Phi) is 10.6. The van der Waals surface area contributed by atoms with Gasteiger partial charge in [0.15, 0.2) is 0 Å². The molecule has 0 spiro atoms. The third kappa shape index (κ3) is 8.04. The summed E-state index contributed by atoms with van der Waals surface area (Å²) in [7, 11) is 0. The topological polar surface area (TPSA) is 71.3 Å². The third-order valence-corrected chi connectivity index (χ3v) is 5.41. The summed E-state index contributed by atoms with van der Waals surface area (Å²) in [6.07, 6.45) is 7.62. The van der Waals surface area contributed by atoms with Crippen LogP contribution in [-0.2, 0) is 4.79 Å². The Morgan fingerprint density at radius 2 is 1.55 bits per heavy atom. The molecule has 1 aliphatic carbocycles. The van der Waals surface area contributed by atoms with Gasteiger partial charge in [0, 0.05) is 11.1 Å². The molecule has 3 aromatic rings. The molecule has 0 unspecified atom stereocenters. The Balaban J connectivity index is 0.000000291. The predicted octanol–water partition coefficient (Wildman–Crippen LogP) is 7.64. The van der Waals surface area contributed by atoms with Crippen molar-refractivity contribution in [2.45, 2.75) is 59.8 Å². The van der Waals surface area contributed by atoms with Gasteiger partial charge in [-0.1, -0.05) is 71.9 Å². The Labute approximate surface area is 195 Å². The number of fused-ring (bicyclic) bond motifs is 1. The van der Waals surface area contributed by atoms with Crippen LogP contribution in [0.3, 0.4) is 0 Å². The molecule has 1 fully saturated rings. The zero-order valence-corrected chi connectivity index (χ0v) is 20.0. The lowest BCUT2D eigenvalue weighted by molar-refractivity contribution is -0.105. The van der Waals surface area contributed by atoms with Gasteiger partial charge in [0.2, 0.25) is 12.2 Å². The minimum atomic E-state index is -0.535. The Morgan fingerprint density at radius 1 is 1.00 bits per heavy atom. The molecule has 5 nitrogen and oxygen atoms in total. The zero-order chi connectivity index (χ0) is 24.2. The molecule has 0 bridgehead atoms. The Hall–Kier alpha value is -3.15. The smallest absolute Gasteiger partial charge is 0.293 e. The van der Waals surface area contributed by atoms with Gasteiger partial charge in [0.05, 0.1) is 0 Å². The van der Waals surface area contributed by atoms with Gasteiger partial charge < -0.3 is 15.1 Å². The molecule has 4 rings (SSSR count). The van der Waals surface area contributed by atoms with Crippen LogP contribution < -0.4 is 10.6 Å². The van der Waals surface area contributed by atoms with Gasteiger partial charge in [-0.2, -0.15) is 0 Å². The molecule has 0 atom stereocenters. The van der Waals surface area contributed by atoms with Crippen LogP contribution in [0.15, 0.2) is 52.9 Å². The largest absolute Gasteiger partial charge is 0.449 e. The summed E-state index contributed by atoms with van der Waals surface area (Å²) in [5.41, 5.74) is 1.20. The van der Waals surface area contributed by atoms with E-state index in [0.29, 0.717) is 28.8 Å². The van der Waals surface area contributed by atoms with Crippen LogP contribution >= 0.6 is 0 Å². The van der Waals surface area contributed by atoms with Gasteiger partial charge in [-0.05, 0) is 48.2 Å². The van der Waals surface area contributed by atoms with E-state index in [2.05, 4.69) is 38.3 Å². The number of hydrogen-bond donors (Lipinski definition) is 2. The summed E-state index contributed by atoms with van der Waals surface area (Å²) >= 11 is 0. The lowest BCUT2D eigenvalue weighted by atomic mass is 9.84. The van der Waals surface area contributed by atoms with Gasteiger partial charge in [-0.25, -0.2) is 4.39 Å². The molecule has 1 aliphatic rings. The molecule has 1 saturated carbocycles. The maximum Gasteiger partial charge on any atom is 0.293 e. The van der Waals surface area contributed by atoms with E-state index < -0.39 is 11.7 Å². The standard InChI is InChI=1S/C16H11FN2O3.C8H16.C3H8/c17-10-5-7-11(8-6-10)19-16(21)15-14(18-9-20)12-3-1-2-4-13(12)22-15;1-7-3-5-8(2)6-4-7;1-3-2/h1-9H,(H,18,20)(H,19,21);7-8H,3-6H2,1-2H3;3H2,1-2H3. The van der Waals surface area contributed by atoms with Crippen molar-refractivity contribution in [3.63, 3.8) is 0 Å². The van der Waals surface area contributed by atoms with E-state index in [1.54, 1.807) is 24.3 Å². The first-order chi connectivity index (χ1) is 15.9. The van der Waals surface area contributed by atoms with Crippen LogP contribution in [0, 0.1) is 17.7 Å². The minimum absolute atomic E-state index is 0.0161. The van der Waals surface area contributed by atoms with E-state index in [9.17, 15) is 14.0 Å². The molecule has 0 radical (unpaired) electrons. The SMILES string of the molecule is CC1CCC(C)CC1.CCC.O=CNc1c(C(=O)Nc2ccc(F)cc2)oc2ccccc12. The molecule has 1 aromatic heterocycles. The average Bonchev–Trinajstić information content (AvgIpc) is 3.17. The van der Waals surface area contributed by atoms with E-state index in [-0.39, 0.29) is 5.76 Å². The Morgan fingerprint density at radius 3 is 2.09 bits per heavy atom. The number of benzene rings is 2. The molecule has 2 amide bonds. The second-order valence-electron chi connectivity index (χ2n) is 8.60. The second kappa shape index (κ2) is 13.4. The number of nitrogens with one attached hydrogen (secondary N) is 2. The number of carbonyl (C=O) groups excluding carboxylic acids is 2. The molecular weight excluding hydrogens is 419 g/mol. The fraction of sp³-hybridized carbons (Fsp3) is 0.407. The lowest BCUT2D eigenvalue weighted by Gasteiger charge is -2.22. The lowest BCUT2D eigenvalue weighted by Crippen LogP contribution is -2.13. The van der Waals surface area contributed by atoms with Crippen LogP contribution in [0.25, 0.3) is 11.0 Å². The fourth-order valence-electron chi connectivity index (χ4n) is 3.56. The maximum atomic E-state index is 12.9. The highest BCUT2D eigenvalue weighted by Crippen LogP contribution is 2.31. The first-order valence-electron chi connectivity index (χ1n) is 11.7. The van der Waals surface area contributed by atoms with Crippen molar-refractivity contribution in [1.29, 1.82) is 0 Å². The van der Waals surface area contributed by atoms with Crippen molar-refractivity contribution in [3.8, 4) is 0 Å². The number of amides is 2. The molecule has 6 heteroatoms. The van der Waals surface area contributed by atoms with Gasteiger partial charge in [0.25, 0.3) is 5.91 Å². The summed E-state index contributed by atoms with van der Waals surface area (Å²) in [5, 5.41) is 5.69. The summed E-state index contributed by atoms with van der Waals surface area (Å²) < 4.78 is 18.4. The van der Waals surface area contributed by atoms with Crippen LogP contribution in [0.4, 0.5) is 15.8 Å². The van der Waals surface area contributed by atoms with Gasteiger partial charge >= 0.3 is 0 Å². The summed E-state index contributed by atoms with van der Waals surface area (Å²) in [4.78, 5) is 23.1. The average molecular weight is 455 g/mol. The monoisotopic (exact) mass is 454 g/mol. The summed E-state index contributed by atoms with van der Waals surface area (Å²) in [6, 6.07) is 12.3. The van der Waals surface area contributed by atoms with Crippen LogP contribution in [0.2, 0.25) is 0 Å². The van der Waals surface area contributed by atoms with Crippen molar-refractivity contribution >= 4 is 34.7 Å². The summed E-state index contributed by atoms with van der Waals surface area (Å²) in [5.74, 6) is 1.09. The molecule has 178 valence electrons. The van der Waals surface area contributed by atoms with Crippen molar-refractivity contribution < 1.29 is 18.4 Å². The number of hydrogen-bond acceptors (Lipinski definition) is 3. The fourth-order valence-corrected chi connectivity index (χ4v) is 3.56. The Bertz CT molecular complexity index is 996. The van der Waals surface area contributed by atoms with Crippen molar-refractivity contribution in [2.24, 2.45) is 11.8 Å². The van der Waals surface area contributed by atoms with Crippen molar-refractivity contribution in [3.05, 3.63) is 60.1 Å². The maximum absolute atomic E-state index is 12.9. The van der Waals surface area contributed by atoms with E-state index >= 15 is 0 Å². The van der Waals surface area contributed by atoms with Crippen molar-refractivity contribution in [2.75, 3.05) is 10.6 Å². The molecule has 0 aliphatic heterocycles. The number of rotatable bonds is 4. The normalized spacial score (nSPS) is 17.1. The van der Waals surface area contributed by atoms with Gasteiger partial charge in [0.1, 0.15) is 17.1 Å². The van der Waals surface area contributed by atoms with Gasteiger partial charge in [-0.15, -0.1) is 0 Å². The minimum Gasteiger partial charge on any atom is -0.449 e. The predicted molar refractivity (Wildman–Crippen MR) is 133 cm³/mol. The van der Waals surface area contributed by atoms with Crippen molar-refractivity contribution in [1.82, 2.24) is 0 Å². The quantitative estimate of drug-likeness (QED) is 0.398. The number of furan rings is 1. The third-order valence-electron chi connectivity index (χ3n) is 5.41. The van der Waals surface area contributed by atoms with E-state index in [1.807, 2.05) is 0 Å². The van der Waals surface area contributed by atoms with Crippen LogP contribution in [0.5, 0.6) is 0 Å². The zero-order valence-electron chi connectivity index (χ0n) is 20.0. The van der Waals surface area contributed by atoms with Crippen LogP contribution in [0.1, 0.15) is 70.4 Å². The second-order valence-corrected chi connectivity index (χ2v) is 8.60. The van der Waals surface area contributed by atoms with Crippen LogP contribution in [-0.4, -0.2) is 12.3 Å². The molecule has 2 N–H and O–H groups in total.